The largest absolute Gasteiger partial charge is 0.497 e. The third kappa shape index (κ3) is 4.08. The molecule has 0 radical (unpaired) electrons. The second kappa shape index (κ2) is 7.80. The van der Waals surface area contributed by atoms with E-state index in [0.717, 1.165) is 32.4 Å². The normalized spacial score (nSPS) is 12.8. The molecule has 0 atom stereocenters. The predicted octanol–water partition coefficient (Wildman–Crippen LogP) is 4.87. The molecule has 6 heteroatoms. The maximum absolute atomic E-state index is 5.26. The second-order valence-electron chi connectivity index (χ2n) is 5.83. The Morgan fingerprint density at radius 2 is 1.88 bits per heavy atom. The van der Waals surface area contributed by atoms with Gasteiger partial charge in [-0.05, 0) is 56.5 Å². The number of benzene rings is 1. The van der Waals surface area contributed by atoms with Gasteiger partial charge in [0.2, 0.25) is 4.80 Å². The lowest BCUT2D eigenvalue weighted by Gasteiger charge is -2.07. The molecule has 3 aromatic rings. The van der Waals surface area contributed by atoms with E-state index in [1.165, 1.54) is 0 Å². The first kappa shape index (κ1) is 17.6. The molecule has 0 aliphatic carbocycles. The average Bonchev–Trinajstić information content (AvgIpc) is 3.26. The third-order valence-electron chi connectivity index (χ3n) is 3.57. The number of ether oxygens (including phenoxy) is 1. The van der Waals surface area contributed by atoms with Crippen molar-refractivity contribution in [2.24, 2.45) is 10.1 Å². The molecule has 2 aromatic heterocycles. The maximum atomic E-state index is 5.26. The molecule has 25 heavy (non-hydrogen) atoms. The Bertz CT molecular complexity index is 916. The molecule has 0 bridgehead atoms. The number of hydrogen-bond acceptors (Lipinski definition) is 5. The summed E-state index contributed by atoms with van der Waals surface area (Å²) in [7, 11) is 1.67. The molecule has 0 saturated heterocycles. The highest BCUT2D eigenvalue weighted by atomic mass is 32.1. The molecule has 1 aromatic carbocycles. The van der Waals surface area contributed by atoms with Crippen molar-refractivity contribution in [3.63, 3.8) is 0 Å². The monoisotopic (exact) mass is 371 g/mol. The number of methoxy groups -OCH3 is 1. The first-order valence-corrected chi connectivity index (χ1v) is 9.82. The molecule has 3 rings (SSSR count). The average molecular weight is 372 g/mol. The van der Waals surface area contributed by atoms with Crippen LogP contribution in [0.1, 0.15) is 25.6 Å². The van der Waals surface area contributed by atoms with Crippen LogP contribution in [0.3, 0.4) is 0 Å². The molecule has 0 aliphatic heterocycles. The second-order valence-corrected chi connectivity index (χ2v) is 7.61. The van der Waals surface area contributed by atoms with Crippen molar-refractivity contribution in [1.29, 1.82) is 0 Å². The first-order chi connectivity index (χ1) is 12.1. The van der Waals surface area contributed by atoms with Gasteiger partial charge in [-0.25, -0.2) is 4.68 Å². The van der Waals surface area contributed by atoms with Gasteiger partial charge in [0.05, 0.1) is 23.4 Å². The molecule has 130 valence electrons. The van der Waals surface area contributed by atoms with E-state index in [1.807, 2.05) is 41.9 Å². The molecule has 0 aliphatic rings. The Morgan fingerprint density at radius 3 is 2.48 bits per heavy atom. The third-order valence-corrected chi connectivity index (χ3v) is 5.38. The number of aromatic nitrogens is 1. The van der Waals surface area contributed by atoms with E-state index < -0.39 is 0 Å². The fraction of sp³-hybridized carbons (Fsp3) is 0.263. The summed E-state index contributed by atoms with van der Waals surface area (Å²) >= 11 is 3.30. The van der Waals surface area contributed by atoms with Gasteiger partial charge in [-0.1, -0.05) is 6.07 Å². The van der Waals surface area contributed by atoms with Gasteiger partial charge >= 0.3 is 0 Å². The van der Waals surface area contributed by atoms with Crippen LogP contribution in [0.15, 0.2) is 57.3 Å². The van der Waals surface area contributed by atoms with Crippen molar-refractivity contribution < 1.29 is 4.74 Å². The summed E-state index contributed by atoms with van der Waals surface area (Å²) in [6.07, 6.45) is 0. The summed E-state index contributed by atoms with van der Waals surface area (Å²) in [6, 6.07) is 12.4. The van der Waals surface area contributed by atoms with Crippen LogP contribution < -0.4 is 9.54 Å². The summed E-state index contributed by atoms with van der Waals surface area (Å²) in [5.74, 6) is 0.843. The van der Waals surface area contributed by atoms with Crippen LogP contribution in [0.25, 0.3) is 11.3 Å². The molecule has 0 unspecified atom stereocenters. The van der Waals surface area contributed by atoms with E-state index in [1.54, 1.807) is 29.8 Å². The molecule has 0 amide bonds. The Morgan fingerprint density at radius 1 is 1.12 bits per heavy atom. The predicted molar refractivity (Wildman–Crippen MR) is 107 cm³/mol. The first-order valence-electron chi connectivity index (χ1n) is 8.06. The standard InChI is InChI=1S/C19H21N3OS2/c1-13(2)20-19-22(21-14(3)18-6-5-11-24-18)17(12-25-19)15-7-9-16(23-4)10-8-15/h5-13H,1-4H3. The van der Waals surface area contributed by atoms with Gasteiger partial charge in [0.25, 0.3) is 0 Å². The van der Waals surface area contributed by atoms with Crippen molar-refractivity contribution >= 4 is 28.4 Å². The maximum Gasteiger partial charge on any atom is 0.206 e. The topological polar surface area (TPSA) is 38.9 Å². The van der Waals surface area contributed by atoms with Gasteiger partial charge in [0.15, 0.2) is 0 Å². The number of rotatable bonds is 5. The zero-order valence-electron chi connectivity index (χ0n) is 14.8. The molecule has 0 fully saturated rings. The summed E-state index contributed by atoms with van der Waals surface area (Å²) in [5, 5.41) is 9.03. The van der Waals surface area contributed by atoms with Gasteiger partial charge in [-0.3, -0.25) is 4.99 Å². The highest BCUT2D eigenvalue weighted by molar-refractivity contribution is 7.12. The zero-order chi connectivity index (χ0) is 17.8. The Hall–Kier alpha value is -2.18. The van der Waals surface area contributed by atoms with Gasteiger partial charge in [-0.2, -0.15) is 5.10 Å². The van der Waals surface area contributed by atoms with Crippen LogP contribution in [0, 0.1) is 0 Å². The molecular formula is C19H21N3OS2. The lowest BCUT2D eigenvalue weighted by Crippen LogP contribution is -2.15. The molecule has 2 heterocycles. The SMILES string of the molecule is COc1ccc(-c2csc(=NC(C)C)n2N=C(C)c2cccs2)cc1. The van der Waals surface area contributed by atoms with E-state index in [2.05, 4.69) is 30.7 Å². The fourth-order valence-electron chi connectivity index (χ4n) is 2.35. The van der Waals surface area contributed by atoms with Crippen molar-refractivity contribution in [2.45, 2.75) is 26.8 Å². The summed E-state index contributed by atoms with van der Waals surface area (Å²) in [4.78, 5) is 6.79. The van der Waals surface area contributed by atoms with E-state index in [0.29, 0.717) is 0 Å². The minimum absolute atomic E-state index is 0.214. The van der Waals surface area contributed by atoms with E-state index in [9.17, 15) is 0 Å². The van der Waals surface area contributed by atoms with Crippen molar-refractivity contribution in [1.82, 2.24) is 4.68 Å². The van der Waals surface area contributed by atoms with Gasteiger partial charge in [-0.15, -0.1) is 22.7 Å². The lowest BCUT2D eigenvalue weighted by atomic mass is 10.2. The van der Waals surface area contributed by atoms with Crippen LogP contribution >= 0.6 is 22.7 Å². The smallest absolute Gasteiger partial charge is 0.206 e. The summed E-state index contributed by atoms with van der Waals surface area (Å²) in [5.41, 5.74) is 3.10. The molecule has 0 spiro atoms. The highest BCUT2D eigenvalue weighted by Crippen LogP contribution is 2.23. The number of thiazole rings is 1. The number of thiophene rings is 1. The lowest BCUT2D eigenvalue weighted by molar-refractivity contribution is 0.415. The Balaban J connectivity index is 2.13. The van der Waals surface area contributed by atoms with E-state index >= 15 is 0 Å². The van der Waals surface area contributed by atoms with Crippen molar-refractivity contribution in [3.05, 3.63) is 56.8 Å². The van der Waals surface area contributed by atoms with E-state index in [-0.39, 0.29) is 6.04 Å². The van der Waals surface area contributed by atoms with Gasteiger partial charge in [0, 0.05) is 17.0 Å². The van der Waals surface area contributed by atoms with Gasteiger partial charge < -0.3 is 4.74 Å². The minimum Gasteiger partial charge on any atom is -0.497 e. The van der Waals surface area contributed by atoms with E-state index in [4.69, 9.17) is 14.8 Å². The molecule has 0 N–H and O–H groups in total. The molecule has 0 saturated carbocycles. The fourth-order valence-corrected chi connectivity index (χ4v) is 3.99. The quantitative estimate of drug-likeness (QED) is 0.590. The van der Waals surface area contributed by atoms with Crippen LogP contribution in [0.4, 0.5) is 0 Å². The van der Waals surface area contributed by atoms with Crippen molar-refractivity contribution in [2.75, 3.05) is 7.11 Å². The van der Waals surface area contributed by atoms with Crippen molar-refractivity contribution in [3.8, 4) is 17.0 Å². The number of nitrogens with zero attached hydrogens (tertiary/aromatic N) is 3. The minimum atomic E-state index is 0.214. The summed E-state index contributed by atoms with van der Waals surface area (Å²) in [6.45, 7) is 6.19. The van der Waals surface area contributed by atoms with Crippen LogP contribution in [0.2, 0.25) is 0 Å². The van der Waals surface area contributed by atoms with Crippen LogP contribution in [-0.2, 0) is 0 Å². The van der Waals surface area contributed by atoms with Crippen LogP contribution in [-0.4, -0.2) is 23.5 Å². The van der Waals surface area contributed by atoms with Crippen LogP contribution in [0.5, 0.6) is 5.75 Å². The highest BCUT2D eigenvalue weighted by Gasteiger charge is 2.10. The molecular weight excluding hydrogens is 350 g/mol. The van der Waals surface area contributed by atoms with Gasteiger partial charge in [0.1, 0.15) is 5.75 Å². The Labute approximate surface area is 155 Å². The Kier molecular flexibility index (Phi) is 5.50. The number of hydrogen-bond donors (Lipinski definition) is 0. The zero-order valence-corrected chi connectivity index (χ0v) is 16.4. The summed E-state index contributed by atoms with van der Waals surface area (Å²) < 4.78 is 7.20. The molecule has 4 nitrogen and oxygen atoms in total.